The lowest BCUT2D eigenvalue weighted by molar-refractivity contribution is 0.0678. The van der Waals surface area contributed by atoms with Crippen molar-refractivity contribution < 1.29 is 24.5 Å². The van der Waals surface area contributed by atoms with Crippen LogP contribution >= 0.6 is 0 Å². The van der Waals surface area contributed by atoms with E-state index in [-0.39, 0.29) is 16.9 Å². The van der Waals surface area contributed by atoms with Crippen molar-refractivity contribution in [1.82, 2.24) is 0 Å². The van der Waals surface area contributed by atoms with E-state index in [9.17, 15) is 14.7 Å². The molecule has 27 heavy (non-hydrogen) atoms. The van der Waals surface area contributed by atoms with Crippen molar-refractivity contribution in [2.45, 2.75) is 0 Å². The molecule has 0 aliphatic carbocycles. The molecule has 0 amide bonds. The first-order chi connectivity index (χ1) is 13.0. The van der Waals surface area contributed by atoms with Gasteiger partial charge in [0.15, 0.2) is 0 Å². The third kappa shape index (κ3) is 4.53. The zero-order valence-corrected chi connectivity index (χ0v) is 14.0. The average Bonchev–Trinajstić information content (AvgIpc) is 2.68. The van der Waals surface area contributed by atoms with Crippen molar-refractivity contribution in [3.05, 3.63) is 95.1 Å². The first-order valence-electron chi connectivity index (χ1n) is 7.98. The molecule has 3 aromatic rings. The van der Waals surface area contributed by atoms with Crippen molar-refractivity contribution >= 4 is 11.9 Å². The van der Waals surface area contributed by atoms with Gasteiger partial charge in [-0.05, 0) is 54.6 Å². The van der Waals surface area contributed by atoms with Gasteiger partial charge in [0.05, 0.1) is 5.56 Å². The van der Waals surface area contributed by atoms with Crippen molar-refractivity contribution in [3.8, 4) is 23.3 Å². The number of rotatable bonds is 4. The summed E-state index contributed by atoms with van der Waals surface area (Å²) in [6, 6.07) is 20.0. The molecule has 0 bridgehead atoms. The highest BCUT2D eigenvalue weighted by Crippen LogP contribution is 2.27. The molecule has 5 heteroatoms. The summed E-state index contributed by atoms with van der Waals surface area (Å²) in [4.78, 5) is 22.4. The van der Waals surface area contributed by atoms with E-state index in [1.54, 1.807) is 24.3 Å². The van der Waals surface area contributed by atoms with Crippen LogP contribution in [0.5, 0.6) is 11.5 Å². The van der Waals surface area contributed by atoms with Crippen molar-refractivity contribution in [1.29, 1.82) is 0 Å². The Morgan fingerprint density at radius 3 is 1.96 bits per heavy atom. The van der Waals surface area contributed by atoms with Gasteiger partial charge in [0.1, 0.15) is 17.1 Å². The van der Waals surface area contributed by atoms with E-state index in [1.807, 2.05) is 30.3 Å². The van der Waals surface area contributed by atoms with Crippen LogP contribution in [0.15, 0.2) is 72.8 Å². The van der Waals surface area contributed by atoms with Crippen molar-refractivity contribution in [2.75, 3.05) is 0 Å². The number of ether oxygens (including phenoxy) is 1. The van der Waals surface area contributed by atoms with Gasteiger partial charge in [0, 0.05) is 11.1 Å². The summed E-state index contributed by atoms with van der Waals surface area (Å²) >= 11 is 0. The highest BCUT2D eigenvalue weighted by atomic mass is 16.5. The lowest BCUT2D eigenvalue weighted by Gasteiger charge is -2.09. The summed E-state index contributed by atoms with van der Waals surface area (Å²) in [5.74, 6) is 4.05. The molecule has 3 aromatic carbocycles. The maximum Gasteiger partial charge on any atom is 0.339 e. The highest BCUT2D eigenvalue weighted by molar-refractivity contribution is 5.94. The van der Waals surface area contributed by atoms with E-state index < -0.39 is 11.9 Å². The largest absolute Gasteiger partial charge is 0.478 e. The number of hydrogen-bond acceptors (Lipinski definition) is 3. The van der Waals surface area contributed by atoms with Crippen LogP contribution in [0.4, 0.5) is 0 Å². The topological polar surface area (TPSA) is 83.8 Å². The quantitative estimate of drug-likeness (QED) is 0.680. The van der Waals surface area contributed by atoms with Gasteiger partial charge in [-0.3, -0.25) is 0 Å². The number of carbonyl (C=O) groups is 2. The first-order valence-corrected chi connectivity index (χ1v) is 7.98. The first kappa shape index (κ1) is 17.8. The van der Waals surface area contributed by atoms with Crippen LogP contribution in [-0.2, 0) is 0 Å². The van der Waals surface area contributed by atoms with Crippen LogP contribution in [0.25, 0.3) is 0 Å². The third-order valence-electron chi connectivity index (χ3n) is 3.67. The zero-order chi connectivity index (χ0) is 19.2. The summed E-state index contributed by atoms with van der Waals surface area (Å²) < 4.78 is 5.59. The Hall–Kier alpha value is -4.04. The molecule has 2 N–H and O–H groups in total. The van der Waals surface area contributed by atoms with Crippen LogP contribution in [0, 0.1) is 11.8 Å². The Kier molecular flexibility index (Phi) is 5.20. The van der Waals surface area contributed by atoms with Gasteiger partial charge in [-0.2, -0.15) is 0 Å². The fraction of sp³-hybridized carbons (Fsp3) is 0. The third-order valence-corrected chi connectivity index (χ3v) is 3.67. The minimum absolute atomic E-state index is 0.0366. The predicted molar refractivity (Wildman–Crippen MR) is 99.3 cm³/mol. The highest BCUT2D eigenvalue weighted by Gasteiger charge is 2.15. The zero-order valence-electron chi connectivity index (χ0n) is 14.0. The van der Waals surface area contributed by atoms with E-state index in [4.69, 9.17) is 9.84 Å². The Bertz CT molecular complexity index is 1040. The van der Waals surface area contributed by atoms with Gasteiger partial charge in [0.2, 0.25) is 0 Å². The van der Waals surface area contributed by atoms with Crippen LogP contribution in [0.2, 0.25) is 0 Å². The van der Waals surface area contributed by atoms with Gasteiger partial charge in [0.25, 0.3) is 0 Å². The molecule has 0 aliphatic rings. The summed E-state index contributed by atoms with van der Waals surface area (Å²) in [5, 5.41) is 18.3. The van der Waals surface area contributed by atoms with Crippen LogP contribution in [-0.4, -0.2) is 22.2 Å². The monoisotopic (exact) mass is 358 g/mol. The second-order valence-corrected chi connectivity index (χ2v) is 5.56. The molecular weight excluding hydrogens is 344 g/mol. The van der Waals surface area contributed by atoms with Crippen LogP contribution in [0.3, 0.4) is 0 Å². The summed E-state index contributed by atoms with van der Waals surface area (Å²) in [6.45, 7) is 0. The molecule has 0 saturated carbocycles. The number of carboxylic acid groups (broad SMARTS) is 2. The van der Waals surface area contributed by atoms with Gasteiger partial charge in [-0.15, -0.1) is 0 Å². The molecule has 5 nitrogen and oxygen atoms in total. The molecule has 132 valence electrons. The molecule has 0 radical (unpaired) electrons. The van der Waals surface area contributed by atoms with Crippen LogP contribution < -0.4 is 4.74 Å². The molecule has 0 heterocycles. The van der Waals surface area contributed by atoms with E-state index in [0.29, 0.717) is 5.75 Å². The van der Waals surface area contributed by atoms with Crippen molar-refractivity contribution in [2.24, 2.45) is 0 Å². The van der Waals surface area contributed by atoms with E-state index >= 15 is 0 Å². The molecule has 0 aromatic heterocycles. The number of carboxylic acids is 2. The molecule has 0 aliphatic heterocycles. The molecule has 0 atom stereocenters. The maximum atomic E-state index is 11.3. The molecule has 0 unspecified atom stereocenters. The van der Waals surface area contributed by atoms with Crippen molar-refractivity contribution in [3.63, 3.8) is 0 Å². The van der Waals surface area contributed by atoms with E-state index in [1.165, 1.54) is 18.2 Å². The average molecular weight is 358 g/mol. The fourth-order valence-corrected chi connectivity index (χ4v) is 2.32. The number of hydrogen-bond donors (Lipinski definition) is 2. The molecule has 3 rings (SSSR count). The fourth-order valence-electron chi connectivity index (χ4n) is 2.32. The normalized spacial score (nSPS) is 9.78. The SMILES string of the molecule is O=C(O)c1ccc(C(=O)O)c(Oc2ccc(C#Cc3ccccc3)cc2)c1. The number of benzene rings is 3. The Morgan fingerprint density at radius 1 is 0.741 bits per heavy atom. The Morgan fingerprint density at radius 2 is 1.37 bits per heavy atom. The van der Waals surface area contributed by atoms with Gasteiger partial charge in [-0.1, -0.05) is 30.0 Å². The Labute approximate surface area is 155 Å². The van der Waals surface area contributed by atoms with E-state index in [2.05, 4.69) is 11.8 Å². The smallest absolute Gasteiger partial charge is 0.339 e. The van der Waals surface area contributed by atoms with Crippen LogP contribution in [0.1, 0.15) is 31.8 Å². The standard InChI is InChI=1S/C22H14O5/c23-21(24)17-10-13-19(22(25)26)20(14-17)27-18-11-8-16(9-12-18)7-6-15-4-2-1-3-5-15/h1-5,8-14H,(H,23,24)(H,25,26). The molecular formula is C22H14O5. The number of aromatic carboxylic acids is 2. The Balaban J connectivity index is 1.83. The van der Waals surface area contributed by atoms with Gasteiger partial charge < -0.3 is 14.9 Å². The van der Waals surface area contributed by atoms with E-state index in [0.717, 1.165) is 11.1 Å². The maximum absolute atomic E-state index is 11.3. The lowest BCUT2D eigenvalue weighted by Crippen LogP contribution is -2.03. The molecule has 0 spiro atoms. The summed E-state index contributed by atoms with van der Waals surface area (Å²) in [6.07, 6.45) is 0. The second-order valence-electron chi connectivity index (χ2n) is 5.56. The molecule has 0 fully saturated rings. The lowest BCUT2D eigenvalue weighted by atomic mass is 10.1. The minimum Gasteiger partial charge on any atom is -0.478 e. The van der Waals surface area contributed by atoms with Gasteiger partial charge in [-0.25, -0.2) is 9.59 Å². The van der Waals surface area contributed by atoms with Gasteiger partial charge >= 0.3 is 11.9 Å². The summed E-state index contributed by atoms with van der Waals surface area (Å²) in [7, 11) is 0. The second kappa shape index (κ2) is 7.89. The molecule has 0 saturated heterocycles. The predicted octanol–water partition coefficient (Wildman–Crippen LogP) is 4.28. The summed E-state index contributed by atoms with van der Waals surface area (Å²) in [5.41, 5.74) is 1.49. The minimum atomic E-state index is -1.20.